The third-order valence-electron chi connectivity index (χ3n) is 2.13. The molecule has 1 N–H and O–H groups in total. The van der Waals surface area contributed by atoms with Crippen LogP contribution in [0.1, 0.15) is 22.3 Å². The van der Waals surface area contributed by atoms with Gasteiger partial charge >= 0.3 is 5.97 Å². The van der Waals surface area contributed by atoms with Gasteiger partial charge in [0.25, 0.3) is 0 Å². The lowest BCUT2D eigenvalue weighted by molar-refractivity contribution is 0.0701. The molecule has 0 aliphatic heterocycles. The van der Waals surface area contributed by atoms with Crippen molar-refractivity contribution in [3.63, 3.8) is 0 Å². The van der Waals surface area contributed by atoms with Crippen LogP contribution in [0.15, 0.2) is 24.5 Å². The second-order valence-electron chi connectivity index (χ2n) is 3.20. The quantitative estimate of drug-likeness (QED) is 0.886. The van der Waals surface area contributed by atoms with Gasteiger partial charge in [-0.25, -0.2) is 9.78 Å². The number of hydrogen-bond acceptors (Lipinski definition) is 4. The second-order valence-corrected chi connectivity index (χ2v) is 4.19. The topological polar surface area (TPSA) is 63.1 Å². The van der Waals surface area contributed by atoms with Gasteiger partial charge in [-0.2, -0.15) is 0 Å². The lowest BCUT2D eigenvalue weighted by Crippen LogP contribution is -1.97. The fraction of sp³-hybridized carbons (Fsp3) is 0.182. The molecule has 2 aromatic rings. The van der Waals surface area contributed by atoms with Gasteiger partial charge in [-0.05, 0) is 18.6 Å². The Labute approximate surface area is 96.6 Å². The lowest BCUT2D eigenvalue weighted by atomic mass is 10.3. The maximum absolute atomic E-state index is 11.0. The Morgan fingerprint density at radius 2 is 2.38 bits per heavy atom. The zero-order valence-electron chi connectivity index (χ0n) is 8.67. The smallest absolute Gasteiger partial charge is 0.347 e. The number of hydrogen-bond donors (Lipinski definition) is 1. The van der Waals surface area contributed by atoms with E-state index in [0.29, 0.717) is 22.0 Å². The Kier molecular flexibility index (Phi) is 2.96. The first-order valence-electron chi connectivity index (χ1n) is 4.85. The van der Waals surface area contributed by atoms with Crippen LogP contribution in [0.5, 0.6) is 0 Å². The molecule has 0 atom stereocenters. The van der Waals surface area contributed by atoms with Crippen LogP contribution in [0.2, 0.25) is 0 Å². The summed E-state index contributed by atoms with van der Waals surface area (Å²) in [6, 6.07) is 3.68. The first-order valence-corrected chi connectivity index (χ1v) is 5.67. The van der Waals surface area contributed by atoms with Crippen molar-refractivity contribution in [2.75, 3.05) is 0 Å². The van der Waals surface area contributed by atoms with E-state index in [1.54, 1.807) is 12.4 Å². The molecule has 16 heavy (non-hydrogen) atoms. The summed E-state index contributed by atoms with van der Waals surface area (Å²) < 4.78 is 0. The lowest BCUT2D eigenvalue weighted by Gasteiger charge is -1.92. The molecule has 2 heterocycles. The van der Waals surface area contributed by atoms with Crippen molar-refractivity contribution in [1.82, 2.24) is 9.97 Å². The van der Waals surface area contributed by atoms with Crippen LogP contribution >= 0.6 is 11.3 Å². The van der Waals surface area contributed by atoms with Crippen molar-refractivity contribution in [3.05, 3.63) is 35.1 Å². The molecule has 0 bridgehead atoms. The number of aromatic nitrogens is 2. The van der Waals surface area contributed by atoms with Crippen molar-refractivity contribution in [3.8, 4) is 10.6 Å². The standard InChI is InChI=1S/C11H10N2O2S/c1-2-8-9(11(14)15)16-10(13-8)7-4-3-5-12-6-7/h3-6H,2H2,1H3,(H,14,15). The number of carboxylic acid groups (broad SMARTS) is 1. The van der Waals surface area contributed by atoms with Crippen LogP contribution in [0.3, 0.4) is 0 Å². The highest BCUT2D eigenvalue weighted by Gasteiger charge is 2.16. The molecule has 2 rings (SSSR count). The zero-order chi connectivity index (χ0) is 11.5. The summed E-state index contributed by atoms with van der Waals surface area (Å²) in [5, 5.41) is 9.72. The van der Waals surface area contributed by atoms with Crippen molar-refractivity contribution in [1.29, 1.82) is 0 Å². The molecule has 0 radical (unpaired) electrons. The van der Waals surface area contributed by atoms with E-state index < -0.39 is 5.97 Å². The Balaban J connectivity index is 2.48. The summed E-state index contributed by atoms with van der Waals surface area (Å²) >= 11 is 1.19. The van der Waals surface area contributed by atoms with Crippen LogP contribution < -0.4 is 0 Å². The number of nitrogens with zero attached hydrogens (tertiary/aromatic N) is 2. The van der Waals surface area contributed by atoms with Crippen LogP contribution in [0.25, 0.3) is 10.6 Å². The third-order valence-corrected chi connectivity index (χ3v) is 3.27. The minimum Gasteiger partial charge on any atom is -0.477 e. The van der Waals surface area contributed by atoms with Crippen molar-refractivity contribution >= 4 is 17.3 Å². The molecule has 0 amide bonds. The zero-order valence-corrected chi connectivity index (χ0v) is 9.49. The first-order chi connectivity index (χ1) is 7.72. The van der Waals surface area contributed by atoms with E-state index >= 15 is 0 Å². The van der Waals surface area contributed by atoms with Gasteiger partial charge in [-0.15, -0.1) is 11.3 Å². The average Bonchev–Trinajstić information content (AvgIpc) is 2.74. The van der Waals surface area contributed by atoms with E-state index in [1.165, 1.54) is 11.3 Å². The van der Waals surface area contributed by atoms with E-state index in [9.17, 15) is 4.79 Å². The maximum Gasteiger partial charge on any atom is 0.347 e. The predicted octanol–water partition coefficient (Wildman–Crippen LogP) is 2.47. The summed E-state index contributed by atoms with van der Waals surface area (Å²) in [4.78, 5) is 19.6. The van der Waals surface area contributed by atoms with E-state index in [-0.39, 0.29) is 0 Å². The molecule has 5 heteroatoms. The molecule has 0 aliphatic rings. The molecule has 0 spiro atoms. The number of aromatic carboxylic acids is 1. The van der Waals surface area contributed by atoms with Gasteiger partial charge < -0.3 is 5.11 Å². The normalized spacial score (nSPS) is 10.3. The number of thiazole rings is 1. The minimum absolute atomic E-state index is 0.321. The number of carboxylic acids is 1. The van der Waals surface area contributed by atoms with Crippen LogP contribution in [-0.2, 0) is 6.42 Å². The Morgan fingerprint density at radius 3 is 2.88 bits per heavy atom. The Morgan fingerprint density at radius 1 is 1.56 bits per heavy atom. The molecule has 0 aliphatic carbocycles. The SMILES string of the molecule is CCc1nc(-c2cccnc2)sc1C(=O)O. The van der Waals surface area contributed by atoms with Gasteiger partial charge in [-0.3, -0.25) is 4.98 Å². The Bertz CT molecular complexity index is 508. The molecule has 0 unspecified atom stereocenters. The molecule has 0 saturated heterocycles. The molecule has 0 saturated carbocycles. The van der Waals surface area contributed by atoms with E-state index in [0.717, 1.165) is 5.56 Å². The van der Waals surface area contributed by atoms with E-state index in [1.807, 2.05) is 19.1 Å². The summed E-state index contributed by atoms with van der Waals surface area (Å²) in [7, 11) is 0. The number of aryl methyl sites for hydroxylation is 1. The minimum atomic E-state index is -0.913. The van der Waals surface area contributed by atoms with Crippen molar-refractivity contribution < 1.29 is 9.90 Å². The largest absolute Gasteiger partial charge is 0.477 e. The van der Waals surface area contributed by atoms with Gasteiger partial charge in [0.05, 0.1) is 5.69 Å². The van der Waals surface area contributed by atoms with Crippen molar-refractivity contribution in [2.24, 2.45) is 0 Å². The van der Waals surface area contributed by atoms with Crippen LogP contribution in [0.4, 0.5) is 0 Å². The average molecular weight is 234 g/mol. The summed E-state index contributed by atoms with van der Waals surface area (Å²) in [5.74, 6) is -0.913. The molecular weight excluding hydrogens is 224 g/mol. The fourth-order valence-electron chi connectivity index (χ4n) is 1.37. The summed E-state index contributed by atoms with van der Waals surface area (Å²) in [5.41, 5.74) is 1.49. The third kappa shape index (κ3) is 1.94. The van der Waals surface area contributed by atoms with Gasteiger partial charge in [0.1, 0.15) is 9.88 Å². The summed E-state index contributed by atoms with van der Waals surface area (Å²) in [6.45, 7) is 1.90. The highest BCUT2D eigenvalue weighted by atomic mass is 32.1. The summed E-state index contributed by atoms with van der Waals surface area (Å²) in [6.07, 6.45) is 3.98. The first kappa shape index (κ1) is 10.8. The fourth-order valence-corrected chi connectivity index (χ4v) is 2.35. The van der Waals surface area contributed by atoms with E-state index in [4.69, 9.17) is 5.11 Å². The van der Waals surface area contributed by atoms with Crippen LogP contribution in [-0.4, -0.2) is 21.0 Å². The highest BCUT2D eigenvalue weighted by Crippen LogP contribution is 2.27. The van der Waals surface area contributed by atoms with Crippen molar-refractivity contribution in [2.45, 2.75) is 13.3 Å². The van der Waals surface area contributed by atoms with Gasteiger partial charge in [0, 0.05) is 18.0 Å². The molecule has 0 fully saturated rings. The molecular formula is C11H10N2O2S. The molecule has 4 nitrogen and oxygen atoms in total. The highest BCUT2D eigenvalue weighted by molar-refractivity contribution is 7.17. The maximum atomic E-state index is 11.0. The number of carbonyl (C=O) groups is 1. The molecule has 2 aromatic heterocycles. The molecule has 0 aromatic carbocycles. The number of pyridine rings is 1. The van der Waals surface area contributed by atoms with E-state index in [2.05, 4.69) is 9.97 Å². The molecule has 82 valence electrons. The second kappa shape index (κ2) is 4.40. The van der Waals surface area contributed by atoms with Gasteiger partial charge in [0.2, 0.25) is 0 Å². The van der Waals surface area contributed by atoms with Gasteiger partial charge in [-0.1, -0.05) is 6.92 Å². The van der Waals surface area contributed by atoms with Crippen LogP contribution in [0, 0.1) is 0 Å². The number of rotatable bonds is 3. The monoisotopic (exact) mass is 234 g/mol. The predicted molar refractivity (Wildman–Crippen MR) is 61.7 cm³/mol. The Hall–Kier alpha value is -1.75. The van der Waals surface area contributed by atoms with Gasteiger partial charge in [0.15, 0.2) is 0 Å².